The summed E-state index contributed by atoms with van der Waals surface area (Å²) in [5, 5.41) is 27.2. The average molecular weight is 511 g/mol. The summed E-state index contributed by atoms with van der Waals surface area (Å²) in [6.45, 7) is 5.04. The minimum absolute atomic E-state index is 0.0111. The molecule has 196 valence electrons. The zero-order valence-corrected chi connectivity index (χ0v) is 21.5. The molecular weight excluding hydrogens is 472 g/mol. The SMILES string of the molecule is CSCCC(N)C(=O)NC(C(=O)NC(CC(C)C)C(=O)NC(Cc1ccccc1)C(=O)O)C(C)O. The molecule has 0 aliphatic rings. The number of hydrogen-bond acceptors (Lipinski definition) is 7. The van der Waals surface area contributed by atoms with Crippen LogP contribution in [0.2, 0.25) is 0 Å². The van der Waals surface area contributed by atoms with Crippen molar-refractivity contribution >= 4 is 35.5 Å². The van der Waals surface area contributed by atoms with Gasteiger partial charge in [-0.25, -0.2) is 4.79 Å². The first kappa shape index (κ1) is 30.4. The highest BCUT2D eigenvalue weighted by atomic mass is 32.2. The van der Waals surface area contributed by atoms with E-state index >= 15 is 0 Å². The van der Waals surface area contributed by atoms with Crippen LogP contribution in [0.3, 0.4) is 0 Å². The molecule has 0 aliphatic heterocycles. The number of benzene rings is 1. The number of carbonyl (C=O) groups excluding carboxylic acids is 3. The number of carboxylic acids is 1. The maximum atomic E-state index is 13.0. The third-order valence-corrected chi connectivity index (χ3v) is 5.91. The van der Waals surface area contributed by atoms with Gasteiger partial charge >= 0.3 is 5.97 Å². The van der Waals surface area contributed by atoms with Gasteiger partial charge in [0.25, 0.3) is 0 Å². The second kappa shape index (κ2) is 15.4. The number of hydrogen-bond donors (Lipinski definition) is 6. The van der Waals surface area contributed by atoms with Crippen molar-refractivity contribution in [3.8, 4) is 0 Å². The molecule has 11 heteroatoms. The molecule has 0 radical (unpaired) electrons. The number of nitrogens with one attached hydrogen (secondary N) is 3. The van der Waals surface area contributed by atoms with Crippen molar-refractivity contribution in [2.75, 3.05) is 12.0 Å². The number of thioether (sulfide) groups is 1. The lowest BCUT2D eigenvalue weighted by molar-refractivity contribution is -0.142. The highest BCUT2D eigenvalue weighted by Gasteiger charge is 2.32. The van der Waals surface area contributed by atoms with Gasteiger partial charge in [0.2, 0.25) is 17.7 Å². The van der Waals surface area contributed by atoms with Crippen LogP contribution >= 0.6 is 11.8 Å². The number of rotatable bonds is 15. The Morgan fingerprint density at radius 3 is 2.06 bits per heavy atom. The lowest BCUT2D eigenvalue weighted by Gasteiger charge is -2.27. The molecule has 0 aromatic heterocycles. The highest BCUT2D eigenvalue weighted by molar-refractivity contribution is 7.98. The summed E-state index contributed by atoms with van der Waals surface area (Å²) in [7, 11) is 0. The van der Waals surface area contributed by atoms with Gasteiger partial charge in [-0.3, -0.25) is 14.4 Å². The fourth-order valence-electron chi connectivity index (χ4n) is 3.33. The van der Waals surface area contributed by atoms with Crippen molar-refractivity contribution in [1.29, 1.82) is 0 Å². The molecule has 1 aromatic rings. The Bertz CT molecular complexity index is 837. The number of aliphatic hydroxyl groups excluding tert-OH is 1. The van der Waals surface area contributed by atoms with E-state index < -0.39 is 54.0 Å². The molecule has 0 fully saturated rings. The van der Waals surface area contributed by atoms with E-state index in [-0.39, 0.29) is 18.8 Å². The van der Waals surface area contributed by atoms with Crippen molar-refractivity contribution in [1.82, 2.24) is 16.0 Å². The van der Waals surface area contributed by atoms with Gasteiger partial charge in [-0.15, -0.1) is 0 Å². The van der Waals surface area contributed by atoms with E-state index in [1.165, 1.54) is 18.7 Å². The molecule has 0 saturated carbocycles. The van der Waals surface area contributed by atoms with E-state index in [1.807, 2.05) is 20.1 Å². The minimum Gasteiger partial charge on any atom is -0.480 e. The number of carbonyl (C=O) groups is 4. The molecule has 1 aromatic carbocycles. The molecule has 10 nitrogen and oxygen atoms in total. The summed E-state index contributed by atoms with van der Waals surface area (Å²) in [5.74, 6) is -2.57. The predicted molar refractivity (Wildman–Crippen MR) is 136 cm³/mol. The third-order valence-electron chi connectivity index (χ3n) is 5.27. The third kappa shape index (κ3) is 11.1. The number of aliphatic hydroxyl groups is 1. The van der Waals surface area contributed by atoms with Crippen LogP contribution in [0, 0.1) is 5.92 Å². The zero-order chi connectivity index (χ0) is 26.5. The Labute approximate surface area is 210 Å². The van der Waals surface area contributed by atoms with Crippen LogP contribution in [0.5, 0.6) is 0 Å². The van der Waals surface area contributed by atoms with E-state index in [0.29, 0.717) is 12.2 Å². The van der Waals surface area contributed by atoms with E-state index in [2.05, 4.69) is 16.0 Å². The number of nitrogens with two attached hydrogens (primary N) is 1. The van der Waals surface area contributed by atoms with E-state index in [4.69, 9.17) is 5.73 Å². The molecule has 35 heavy (non-hydrogen) atoms. The lowest BCUT2D eigenvalue weighted by atomic mass is 10.0. The first-order chi connectivity index (χ1) is 16.5. The topological polar surface area (TPSA) is 171 Å². The first-order valence-electron chi connectivity index (χ1n) is 11.6. The molecule has 5 unspecified atom stereocenters. The molecular formula is C24H38N4O6S. The summed E-state index contributed by atoms with van der Waals surface area (Å²) in [5.41, 5.74) is 6.59. The molecule has 0 saturated heterocycles. The Hall–Kier alpha value is -2.63. The van der Waals surface area contributed by atoms with Crippen LogP contribution < -0.4 is 21.7 Å². The number of carboxylic acid groups (broad SMARTS) is 1. The average Bonchev–Trinajstić information content (AvgIpc) is 2.79. The lowest BCUT2D eigenvalue weighted by Crippen LogP contribution is -2.60. The van der Waals surface area contributed by atoms with Crippen molar-refractivity contribution in [2.24, 2.45) is 11.7 Å². The van der Waals surface area contributed by atoms with Gasteiger partial charge in [0.05, 0.1) is 12.1 Å². The maximum Gasteiger partial charge on any atom is 0.326 e. The first-order valence-corrected chi connectivity index (χ1v) is 13.0. The summed E-state index contributed by atoms with van der Waals surface area (Å²) in [6.07, 6.45) is 1.33. The van der Waals surface area contributed by atoms with Crippen molar-refractivity contribution in [3.63, 3.8) is 0 Å². The van der Waals surface area contributed by atoms with Crippen LogP contribution in [-0.2, 0) is 25.6 Å². The standard InChI is InChI=1S/C24H38N4O6S/c1-14(2)12-18(22(31)27-19(24(33)34)13-16-8-6-5-7-9-16)26-23(32)20(15(3)29)28-21(30)17(25)10-11-35-4/h5-9,14-15,17-20,29H,10-13,25H2,1-4H3,(H,26,32)(H,27,31)(H,28,30)(H,33,34). The number of aliphatic carboxylic acids is 1. The molecule has 3 amide bonds. The zero-order valence-electron chi connectivity index (χ0n) is 20.7. The summed E-state index contributed by atoms with van der Waals surface area (Å²) in [6, 6.07) is 4.43. The fraction of sp³-hybridized carbons (Fsp3) is 0.583. The Morgan fingerprint density at radius 1 is 0.943 bits per heavy atom. The van der Waals surface area contributed by atoms with E-state index in [0.717, 1.165) is 5.56 Å². The normalized spacial score (nSPS) is 15.4. The van der Waals surface area contributed by atoms with Gasteiger partial charge in [-0.2, -0.15) is 11.8 Å². The van der Waals surface area contributed by atoms with Crippen molar-refractivity contribution < 1.29 is 29.4 Å². The number of amides is 3. The van der Waals surface area contributed by atoms with Gasteiger partial charge in [0.1, 0.15) is 18.1 Å². The molecule has 0 spiro atoms. The van der Waals surface area contributed by atoms with Crippen molar-refractivity contribution in [2.45, 2.75) is 70.3 Å². The molecule has 0 bridgehead atoms. The van der Waals surface area contributed by atoms with Crippen LogP contribution in [0.25, 0.3) is 0 Å². The quantitative estimate of drug-likeness (QED) is 0.195. The summed E-state index contributed by atoms with van der Waals surface area (Å²) in [4.78, 5) is 50.1. The molecule has 1 rings (SSSR count). The molecule has 5 atom stereocenters. The largest absolute Gasteiger partial charge is 0.480 e. The van der Waals surface area contributed by atoms with Gasteiger partial charge in [-0.05, 0) is 43.3 Å². The van der Waals surface area contributed by atoms with Crippen LogP contribution in [0.1, 0.15) is 39.2 Å². The second-order valence-electron chi connectivity index (χ2n) is 8.89. The van der Waals surface area contributed by atoms with Crippen LogP contribution in [0.15, 0.2) is 30.3 Å². The monoisotopic (exact) mass is 510 g/mol. The second-order valence-corrected chi connectivity index (χ2v) is 9.88. The minimum atomic E-state index is -1.33. The predicted octanol–water partition coefficient (Wildman–Crippen LogP) is 0.275. The Kier molecular flexibility index (Phi) is 13.4. The van der Waals surface area contributed by atoms with Gasteiger partial charge < -0.3 is 31.9 Å². The molecule has 0 aliphatic carbocycles. The Morgan fingerprint density at radius 2 is 1.54 bits per heavy atom. The van der Waals surface area contributed by atoms with Crippen molar-refractivity contribution in [3.05, 3.63) is 35.9 Å². The maximum absolute atomic E-state index is 13.0. The van der Waals surface area contributed by atoms with Gasteiger partial charge in [-0.1, -0.05) is 44.2 Å². The summed E-state index contributed by atoms with van der Waals surface area (Å²) < 4.78 is 0. The van der Waals surface area contributed by atoms with Gasteiger partial charge in [0.15, 0.2) is 0 Å². The van der Waals surface area contributed by atoms with Crippen LogP contribution in [-0.4, -0.2) is 76.2 Å². The van der Waals surface area contributed by atoms with E-state index in [9.17, 15) is 29.4 Å². The molecule has 0 heterocycles. The van der Waals surface area contributed by atoms with Gasteiger partial charge in [0, 0.05) is 6.42 Å². The highest BCUT2D eigenvalue weighted by Crippen LogP contribution is 2.09. The summed E-state index contributed by atoms with van der Waals surface area (Å²) >= 11 is 1.53. The van der Waals surface area contributed by atoms with Crippen LogP contribution in [0.4, 0.5) is 0 Å². The van der Waals surface area contributed by atoms with E-state index in [1.54, 1.807) is 30.3 Å². The fourth-order valence-corrected chi connectivity index (χ4v) is 3.82. The molecule has 7 N–H and O–H groups in total. The Balaban J connectivity index is 2.94. The smallest absolute Gasteiger partial charge is 0.326 e.